The number of benzene rings is 2. The number of nitrogens with one attached hydrogen (secondary N) is 2. The number of hydrogen-bond donors (Lipinski definition) is 3. The number of para-hydroxylation sites is 1. The molecular weight excluding hydrogens is 349 g/mol. The largest absolute Gasteiger partial charge is 0.416 e. The van der Waals surface area contributed by atoms with Crippen LogP contribution >= 0.6 is 0 Å². The summed E-state index contributed by atoms with van der Waals surface area (Å²) in [6.07, 6.45) is -4.38. The highest BCUT2D eigenvalue weighted by Gasteiger charge is 2.29. The van der Waals surface area contributed by atoms with Gasteiger partial charge in [-0.2, -0.15) is 13.2 Å². The lowest BCUT2D eigenvalue weighted by atomic mass is 10.1. The van der Waals surface area contributed by atoms with Crippen LogP contribution in [-0.4, -0.2) is 28.5 Å². The minimum atomic E-state index is -4.38. The predicted molar refractivity (Wildman–Crippen MR) is 90.0 cm³/mol. The summed E-state index contributed by atoms with van der Waals surface area (Å²) in [6, 6.07) is 11.9. The van der Waals surface area contributed by atoms with Crippen LogP contribution < -0.4 is 10.6 Å². The molecule has 136 valence electrons. The topological polar surface area (TPSA) is 83.2 Å². The van der Waals surface area contributed by atoms with Crippen LogP contribution in [0.25, 0.3) is 11.5 Å². The second-order valence-corrected chi connectivity index (χ2v) is 5.31. The monoisotopic (exact) mass is 364 g/mol. The lowest BCUT2D eigenvalue weighted by Gasteiger charge is -2.11. The number of aliphatic hydroxyl groups is 1. The van der Waals surface area contributed by atoms with Crippen LogP contribution in [0.1, 0.15) is 5.56 Å². The summed E-state index contributed by atoms with van der Waals surface area (Å²) < 4.78 is 43.4. The standard InChI is InChI=1S/C17H15F3N4O2/c18-17(19,20)11-5-7-12(8-6-11)22-14-4-2-1-3-13(14)15-23-24-16(26-15)21-9-10-25/h1-8,22,25H,9-10H2,(H,21,24). The molecular formula is C17H15F3N4O2. The van der Waals surface area contributed by atoms with Gasteiger partial charge in [-0.25, -0.2) is 0 Å². The Morgan fingerprint density at radius 3 is 2.42 bits per heavy atom. The Hall–Kier alpha value is -3.07. The van der Waals surface area contributed by atoms with Crippen LogP contribution in [0.3, 0.4) is 0 Å². The van der Waals surface area contributed by atoms with Crippen molar-refractivity contribution < 1.29 is 22.7 Å². The summed E-state index contributed by atoms with van der Waals surface area (Å²) in [5.74, 6) is 0.237. The first-order valence-corrected chi connectivity index (χ1v) is 7.69. The summed E-state index contributed by atoms with van der Waals surface area (Å²) in [5, 5.41) is 22.4. The second kappa shape index (κ2) is 7.44. The fraction of sp³-hybridized carbons (Fsp3) is 0.176. The molecule has 0 fully saturated rings. The molecule has 26 heavy (non-hydrogen) atoms. The number of hydrogen-bond acceptors (Lipinski definition) is 6. The summed E-state index contributed by atoms with van der Waals surface area (Å²) in [5.41, 5.74) is 0.970. The van der Waals surface area contributed by atoms with Crippen molar-refractivity contribution >= 4 is 17.4 Å². The highest BCUT2D eigenvalue weighted by Crippen LogP contribution is 2.32. The molecule has 6 nitrogen and oxygen atoms in total. The van der Waals surface area contributed by atoms with Gasteiger partial charge in [-0.15, -0.1) is 5.10 Å². The Labute approximate surface area is 146 Å². The van der Waals surface area contributed by atoms with Gasteiger partial charge in [0.2, 0.25) is 0 Å². The first-order chi connectivity index (χ1) is 12.5. The van der Waals surface area contributed by atoms with E-state index in [1.54, 1.807) is 24.3 Å². The first kappa shape index (κ1) is 17.7. The Morgan fingerprint density at radius 2 is 1.73 bits per heavy atom. The first-order valence-electron chi connectivity index (χ1n) is 7.69. The van der Waals surface area contributed by atoms with Gasteiger partial charge >= 0.3 is 12.2 Å². The van der Waals surface area contributed by atoms with Crippen LogP contribution in [0.15, 0.2) is 52.9 Å². The minimum Gasteiger partial charge on any atom is -0.403 e. The molecule has 0 saturated carbocycles. The molecule has 3 aromatic rings. The highest BCUT2D eigenvalue weighted by molar-refractivity contribution is 5.77. The smallest absolute Gasteiger partial charge is 0.403 e. The van der Waals surface area contributed by atoms with Gasteiger partial charge in [0.1, 0.15) is 0 Å². The van der Waals surface area contributed by atoms with Crippen LogP contribution in [0, 0.1) is 0 Å². The van der Waals surface area contributed by atoms with Gasteiger partial charge in [0.05, 0.1) is 23.4 Å². The Balaban J connectivity index is 1.82. The number of aromatic nitrogens is 2. The summed E-state index contributed by atoms with van der Waals surface area (Å²) >= 11 is 0. The molecule has 0 amide bonds. The molecule has 0 radical (unpaired) electrons. The van der Waals surface area contributed by atoms with Crippen molar-refractivity contribution in [2.75, 3.05) is 23.8 Å². The fourth-order valence-electron chi connectivity index (χ4n) is 2.24. The summed E-state index contributed by atoms with van der Waals surface area (Å²) in [7, 11) is 0. The minimum absolute atomic E-state index is 0.0796. The van der Waals surface area contributed by atoms with E-state index >= 15 is 0 Å². The quantitative estimate of drug-likeness (QED) is 0.615. The van der Waals surface area contributed by atoms with E-state index in [0.717, 1.165) is 12.1 Å². The summed E-state index contributed by atoms with van der Waals surface area (Å²) in [6.45, 7) is 0.191. The van der Waals surface area contributed by atoms with E-state index in [-0.39, 0.29) is 25.1 Å². The molecule has 1 aromatic heterocycles. The Kier molecular flexibility index (Phi) is 5.08. The summed E-state index contributed by atoms with van der Waals surface area (Å²) in [4.78, 5) is 0. The van der Waals surface area contributed by atoms with Gasteiger partial charge in [-0.05, 0) is 36.4 Å². The molecule has 3 N–H and O–H groups in total. The molecule has 3 rings (SSSR count). The Morgan fingerprint density at radius 1 is 1.00 bits per heavy atom. The van der Waals surface area contributed by atoms with E-state index < -0.39 is 11.7 Å². The maximum absolute atomic E-state index is 12.7. The lowest BCUT2D eigenvalue weighted by molar-refractivity contribution is -0.137. The van der Waals surface area contributed by atoms with E-state index in [2.05, 4.69) is 20.8 Å². The number of halogens is 3. The molecule has 0 unspecified atom stereocenters. The molecule has 0 aliphatic rings. The molecule has 0 atom stereocenters. The van der Waals surface area contributed by atoms with E-state index in [1.807, 2.05) is 0 Å². The van der Waals surface area contributed by atoms with Gasteiger partial charge in [0.25, 0.3) is 5.89 Å². The molecule has 9 heteroatoms. The van der Waals surface area contributed by atoms with E-state index in [0.29, 0.717) is 16.9 Å². The zero-order chi connectivity index (χ0) is 18.6. The normalized spacial score (nSPS) is 11.4. The maximum atomic E-state index is 12.7. The van der Waals surface area contributed by atoms with Gasteiger partial charge in [0.15, 0.2) is 0 Å². The third kappa shape index (κ3) is 4.12. The van der Waals surface area contributed by atoms with Crippen molar-refractivity contribution in [3.63, 3.8) is 0 Å². The van der Waals surface area contributed by atoms with Crippen molar-refractivity contribution in [2.24, 2.45) is 0 Å². The second-order valence-electron chi connectivity index (χ2n) is 5.31. The molecule has 0 bridgehead atoms. The van der Waals surface area contributed by atoms with Crippen molar-refractivity contribution in [1.29, 1.82) is 0 Å². The maximum Gasteiger partial charge on any atom is 0.416 e. The van der Waals surface area contributed by atoms with Crippen LogP contribution in [0.2, 0.25) is 0 Å². The highest BCUT2D eigenvalue weighted by atomic mass is 19.4. The van der Waals surface area contributed by atoms with Crippen molar-refractivity contribution in [3.8, 4) is 11.5 Å². The Bertz CT molecular complexity index is 863. The average molecular weight is 364 g/mol. The van der Waals surface area contributed by atoms with E-state index in [9.17, 15) is 13.2 Å². The number of anilines is 3. The molecule has 1 heterocycles. The molecule has 0 aliphatic heterocycles. The van der Waals surface area contributed by atoms with E-state index in [4.69, 9.17) is 9.52 Å². The van der Waals surface area contributed by atoms with Gasteiger partial charge in [-0.1, -0.05) is 17.2 Å². The zero-order valence-electron chi connectivity index (χ0n) is 13.4. The lowest BCUT2D eigenvalue weighted by Crippen LogP contribution is -2.05. The fourth-order valence-corrected chi connectivity index (χ4v) is 2.24. The van der Waals surface area contributed by atoms with Crippen LogP contribution in [-0.2, 0) is 6.18 Å². The van der Waals surface area contributed by atoms with Crippen molar-refractivity contribution in [3.05, 3.63) is 54.1 Å². The predicted octanol–water partition coefficient (Wildman–Crippen LogP) is 3.90. The van der Waals surface area contributed by atoms with Crippen molar-refractivity contribution in [2.45, 2.75) is 6.18 Å². The van der Waals surface area contributed by atoms with Crippen LogP contribution in [0.5, 0.6) is 0 Å². The molecule has 0 aliphatic carbocycles. The number of rotatable bonds is 6. The van der Waals surface area contributed by atoms with Gasteiger partial charge in [-0.3, -0.25) is 0 Å². The van der Waals surface area contributed by atoms with Crippen LogP contribution in [0.4, 0.5) is 30.6 Å². The van der Waals surface area contributed by atoms with Crippen molar-refractivity contribution in [1.82, 2.24) is 10.2 Å². The number of aliphatic hydroxyl groups excluding tert-OH is 1. The third-order valence-corrected chi connectivity index (χ3v) is 3.46. The van der Waals surface area contributed by atoms with E-state index in [1.165, 1.54) is 12.1 Å². The van der Waals surface area contributed by atoms with Gasteiger partial charge in [0, 0.05) is 12.2 Å². The zero-order valence-corrected chi connectivity index (χ0v) is 13.4. The molecule has 0 spiro atoms. The molecule has 0 saturated heterocycles. The SMILES string of the molecule is OCCNc1nnc(-c2ccccc2Nc2ccc(C(F)(F)F)cc2)o1. The number of alkyl halides is 3. The third-order valence-electron chi connectivity index (χ3n) is 3.46. The molecule has 2 aromatic carbocycles. The average Bonchev–Trinajstić information content (AvgIpc) is 3.09. The number of nitrogens with zero attached hydrogens (tertiary/aromatic N) is 2. The van der Waals surface area contributed by atoms with Gasteiger partial charge < -0.3 is 20.2 Å².